The van der Waals surface area contributed by atoms with Crippen LogP contribution in [0.3, 0.4) is 0 Å². The van der Waals surface area contributed by atoms with Gasteiger partial charge in [-0.2, -0.15) is 0 Å². The minimum absolute atomic E-state index is 0.00405. The molecule has 2 heterocycles. The molecule has 1 aliphatic carbocycles. The molecule has 6 nitrogen and oxygen atoms in total. The Kier molecular flexibility index (Phi) is 3.16. The van der Waals surface area contributed by atoms with Crippen molar-refractivity contribution in [3.05, 3.63) is 22.9 Å². The third kappa shape index (κ3) is 2.37. The molecule has 2 aliphatic rings. The highest BCUT2D eigenvalue weighted by molar-refractivity contribution is 7.91. The molecular formula is C13H18N4O2S. The van der Waals surface area contributed by atoms with Crippen LogP contribution in [0, 0.1) is 5.41 Å². The molecule has 3 N–H and O–H groups in total. The summed E-state index contributed by atoms with van der Waals surface area (Å²) in [5.41, 5.74) is 8.53. The van der Waals surface area contributed by atoms with Gasteiger partial charge in [-0.25, -0.2) is 13.4 Å². The second-order valence-corrected chi connectivity index (χ2v) is 7.68. The SMILES string of the molecule is N=C(N)c1cc2c(nc1N1CCS(=O)(=O)CC1)CCC2. The molecule has 7 heteroatoms. The zero-order valence-corrected chi connectivity index (χ0v) is 12.0. The fraction of sp³-hybridized carbons (Fsp3) is 0.538. The lowest BCUT2D eigenvalue weighted by Gasteiger charge is -2.29. The quantitative estimate of drug-likeness (QED) is 0.595. The molecule has 0 spiro atoms. The maximum Gasteiger partial charge on any atom is 0.153 e. The number of nitrogen functional groups attached to an aromatic ring is 1. The van der Waals surface area contributed by atoms with Gasteiger partial charge in [0.1, 0.15) is 11.7 Å². The molecule has 1 fully saturated rings. The Morgan fingerprint density at radius 3 is 2.65 bits per heavy atom. The van der Waals surface area contributed by atoms with Gasteiger partial charge in [-0.05, 0) is 30.9 Å². The summed E-state index contributed by atoms with van der Waals surface area (Å²) in [6.07, 6.45) is 3.02. The number of nitrogens with zero attached hydrogens (tertiary/aromatic N) is 2. The second-order valence-electron chi connectivity index (χ2n) is 5.37. The molecule has 0 atom stereocenters. The van der Waals surface area contributed by atoms with Gasteiger partial charge in [0, 0.05) is 18.8 Å². The van der Waals surface area contributed by atoms with Gasteiger partial charge in [0.15, 0.2) is 9.84 Å². The van der Waals surface area contributed by atoms with Gasteiger partial charge in [-0.3, -0.25) is 5.41 Å². The van der Waals surface area contributed by atoms with E-state index < -0.39 is 9.84 Å². The predicted octanol–water partition coefficient (Wildman–Crippen LogP) is 0.0892. The average Bonchev–Trinajstić information content (AvgIpc) is 2.84. The van der Waals surface area contributed by atoms with E-state index in [1.54, 1.807) is 0 Å². The molecule has 1 aliphatic heterocycles. The number of anilines is 1. The van der Waals surface area contributed by atoms with Crippen LogP contribution in [0.25, 0.3) is 0 Å². The van der Waals surface area contributed by atoms with Crippen LogP contribution in [0.2, 0.25) is 0 Å². The van der Waals surface area contributed by atoms with Crippen molar-refractivity contribution >= 4 is 21.5 Å². The van der Waals surface area contributed by atoms with Crippen LogP contribution < -0.4 is 10.6 Å². The smallest absolute Gasteiger partial charge is 0.153 e. The van der Waals surface area contributed by atoms with Crippen LogP contribution in [0.5, 0.6) is 0 Å². The summed E-state index contributed by atoms with van der Waals surface area (Å²) in [6, 6.07) is 1.95. The second kappa shape index (κ2) is 4.73. The third-order valence-electron chi connectivity index (χ3n) is 3.96. The average molecular weight is 294 g/mol. The van der Waals surface area contributed by atoms with Crippen LogP contribution in [0.15, 0.2) is 6.07 Å². The van der Waals surface area contributed by atoms with E-state index >= 15 is 0 Å². The maximum atomic E-state index is 11.5. The number of nitrogens with two attached hydrogens (primary N) is 1. The van der Waals surface area contributed by atoms with Crippen molar-refractivity contribution in [2.24, 2.45) is 5.73 Å². The summed E-state index contributed by atoms with van der Waals surface area (Å²) >= 11 is 0. The Balaban J connectivity index is 1.98. The number of rotatable bonds is 2. The van der Waals surface area contributed by atoms with E-state index in [1.165, 1.54) is 5.56 Å². The van der Waals surface area contributed by atoms with Gasteiger partial charge in [-0.15, -0.1) is 0 Å². The van der Waals surface area contributed by atoms with E-state index in [-0.39, 0.29) is 17.3 Å². The molecule has 20 heavy (non-hydrogen) atoms. The normalized spacial score (nSPS) is 20.7. The minimum Gasteiger partial charge on any atom is -0.384 e. The van der Waals surface area contributed by atoms with Crippen molar-refractivity contribution < 1.29 is 8.42 Å². The number of hydrogen-bond donors (Lipinski definition) is 2. The number of fused-ring (bicyclic) bond motifs is 1. The Hall–Kier alpha value is -1.63. The van der Waals surface area contributed by atoms with Crippen molar-refractivity contribution in [3.8, 4) is 0 Å². The Labute approximate surface area is 118 Å². The molecule has 0 bridgehead atoms. The summed E-state index contributed by atoms with van der Waals surface area (Å²) in [4.78, 5) is 6.60. The molecule has 0 amide bonds. The number of hydrogen-bond acceptors (Lipinski definition) is 5. The monoisotopic (exact) mass is 294 g/mol. The van der Waals surface area contributed by atoms with E-state index in [9.17, 15) is 8.42 Å². The van der Waals surface area contributed by atoms with E-state index in [0.717, 1.165) is 25.0 Å². The van der Waals surface area contributed by atoms with Crippen molar-refractivity contribution in [1.29, 1.82) is 5.41 Å². The molecule has 0 radical (unpaired) electrons. The van der Waals surface area contributed by atoms with Gasteiger partial charge in [0.25, 0.3) is 0 Å². The van der Waals surface area contributed by atoms with Crippen LogP contribution in [0.1, 0.15) is 23.2 Å². The summed E-state index contributed by atoms with van der Waals surface area (Å²) in [7, 11) is -2.92. The standard InChI is InChI=1S/C13H18N4O2S/c14-12(15)10-8-9-2-1-3-11(9)16-13(10)17-4-6-20(18,19)7-5-17/h8H,1-7H2,(H3,14,15). The first-order valence-corrected chi connectivity index (χ1v) is 8.61. The van der Waals surface area contributed by atoms with Crippen molar-refractivity contribution in [2.45, 2.75) is 19.3 Å². The highest BCUT2D eigenvalue weighted by Gasteiger charge is 2.26. The van der Waals surface area contributed by atoms with Crippen LogP contribution in [-0.2, 0) is 22.7 Å². The molecule has 1 aromatic rings. The molecule has 0 aromatic carbocycles. The van der Waals surface area contributed by atoms with Gasteiger partial charge in [0.05, 0.1) is 17.1 Å². The Morgan fingerprint density at radius 2 is 2.00 bits per heavy atom. The molecule has 3 rings (SSSR count). The first-order chi connectivity index (χ1) is 9.46. The molecule has 0 unspecified atom stereocenters. The number of nitrogens with one attached hydrogen (secondary N) is 1. The van der Waals surface area contributed by atoms with Gasteiger partial charge in [0.2, 0.25) is 0 Å². The summed E-state index contributed by atoms with van der Waals surface area (Å²) in [5, 5.41) is 7.73. The number of pyridine rings is 1. The third-order valence-corrected chi connectivity index (χ3v) is 5.57. The van der Waals surface area contributed by atoms with Gasteiger partial charge in [-0.1, -0.05) is 0 Å². The summed E-state index contributed by atoms with van der Waals surface area (Å²) < 4.78 is 23.0. The van der Waals surface area contributed by atoms with E-state index in [1.807, 2.05) is 11.0 Å². The molecular weight excluding hydrogens is 276 g/mol. The fourth-order valence-electron chi connectivity index (χ4n) is 2.82. The first-order valence-electron chi connectivity index (χ1n) is 6.79. The summed E-state index contributed by atoms with van der Waals surface area (Å²) in [5.74, 6) is 0.954. The molecule has 0 saturated carbocycles. The number of aryl methyl sites for hydroxylation is 2. The zero-order chi connectivity index (χ0) is 14.3. The largest absolute Gasteiger partial charge is 0.384 e. The number of amidine groups is 1. The van der Waals surface area contributed by atoms with Crippen molar-refractivity contribution in [3.63, 3.8) is 0 Å². The van der Waals surface area contributed by atoms with Crippen LogP contribution in [0.4, 0.5) is 5.82 Å². The fourth-order valence-corrected chi connectivity index (χ4v) is 4.03. The van der Waals surface area contributed by atoms with Crippen LogP contribution >= 0.6 is 0 Å². The maximum absolute atomic E-state index is 11.5. The van der Waals surface area contributed by atoms with Crippen LogP contribution in [-0.4, -0.2) is 43.8 Å². The minimum atomic E-state index is -2.92. The lowest BCUT2D eigenvalue weighted by Crippen LogP contribution is -2.41. The van der Waals surface area contributed by atoms with Crippen molar-refractivity contribution in [2.75, 3.05) is 29.5 Å². The topological polar surface area (TPSA) is 100 Å². The summed E-state index contributed by atoms with van der Waals surface area (Å²) in [6.45, 7) is 0.850. The number of sulfone groups is 1. The Morgan fingerprint density at radius 1 is 1.30 bits per heavy atom. The lowest BCUT2D eigenvalue weighted by molar-refractivity contribution is 0.586. The van der Waals surface area contributed by atoms with Gasteiger partial charge < -0.3 is 10.6 Å². The predicted molar refractivity (Wildman–Crippen MR) is 78.1 cm³/mol. The van der Waals surface area contributed by atoms with Crippen molar-refractivity contribution in [1.82, 2.24) is 4.98 Å². The highest BCUT2D eigenvalue weighted by atomic mass is 32.2. The molecule has 108 valence electrons. The Bertz CT molecular complexity index is 655. The highest BCUT2D eigenvalue weighted by Crippen LogP contribution is 2.28. The molecule has 1 aromatic heterocycles. The van der Waals surface area contributed by atoms with Gasteiger partial charge >= 0.3 is 0 Å². The number of aromatic nitrogens is 1. The zero-order valence-electron chi connectivity index (χ0n) is 11.2. The first kappa shape index (κ1) is 13.4. The molecule has 1 saturated heterocycles. The van der Waals surface area contributed by atoms with E-state index in [2.05, 4.69) is 4.98 Å². The lowest BCUT2D eigenvalue weighted by atomic mass is 10.1. The van der Waals surface area contributed by atoms with E-state index in [4.69, 9.17) is 11.1 Å². The van der Waals surface area contributed by atoms with E-state index in [0.29, 0.717) is 24.5 Å².